The van der Waals surface area contributed by atoms with Crippen LogP contribution in [0.2, 0.25) is 5.02 Å². The summed E-state index contributed by atoms with van der Waals surface area (Å²) >= 11 is 7.52. The Labute approximate surface area is 201 Å². The normalized spacial score (nSPS) is 15.2. The van der Waals surface area contributed by atoms with E-state index < -0.39 is 6.04 Å². The second-order valence-corrected chi connectivity index (χ2v) is 10.1. The van der Waals surface area contributed by atoms with Crippen LogP contribution in [-0.2, 0) is 21.9 Å². The third-order valence-electron chi connectivity index (χ3n) is 5.96. The van der Waals surface area contributed by atoms with Crippen LogP contribution in [0.1, 0.15) is 55.7 Å². The summed E-state index contributed by atoms with van der Waals surface area (Å²) in [6.45, 7) is 4.31. The number of nitrogens with one attached hydrogen (secondary N) is 1. The van der Waals surface area contributed by atoms with Gasteiger partial charge in [-0.25, -0.2) is 0 Å². The van der Waals surface area contributed by atoms with Crippen molar-refractivity contribution >= 4 is 35.2 Å². The Morgan fingerprint density at radius 3 is 2.50 bits per heavy atom. The van der Waals surface area contributed by atoms with Gasteiger partial charge in [-0.15, -0.1) is 11.8 Å². The predicted octanol–water partition coefficient (Wildman–Crippen LogP) is 5.75. The number of hydrogen-bond donors (Lipinski definition) is 1. The minimum absolute atomic E-state index is 0.0169. The molecule has 1 aliphatic carbocycles. The Morgan fingerprint density at radius 2 is 1.81 bits per heavy atom. The van der Waals surface area contributed by atoms with E-state index in [0.29, 0.717) is 17.3 Å². The summed E-state index contributed by atoms with van der Waals surface area (Å²) in [4.78, 5) is 28.0. The Balaban J connectivity index is 1.64. The largest absolute Gasteiger partial charge is 0.352 e. The van der Waals surface area contributed by atoms with Crippen LogP contribution in [0.15, 0.2) is 48.5 Å². The van der Waals surface area contributed by atoms with Crippen LogP contribution in [-0.4, -0.2) is 34.6 Å². The van der Waals surface area contributed by atoms with Crippen molar-refractivity contribution in [2.45, 2.75) is 70.3 Å². The van der Waals surface area contributed by atoms with E-state index >= 15 is 0 Å². The molecule has 6 heteroatoms. The molecule has 0 radical (unpaired) electrons. The van der Waals surface area contributed by atoms with Crippen molar-refractivity contribution < 1.29 is 9.59 Å². The quantitative estimate of drug-likeness (QED) is 0.505. The van der Waals surface area contributed by atoms with Crippen molar-refractivity contribution in [1.82, 2.24) is 10.2 Å². The van der Waals surface area contributed by atoms with Gasteiger partial charge in [-0.05, 0) is 49.9 Å². The zero-order chi connectivity index (χ0) is 22.9. The molecule has 4 nitrogen and oxygen atoms in total. The van der Waals surface area contributed by atoms with Crippen LogP contribution in [0.4, 0.5) is 0 Å². The van der Waals surface area contributed by atoms with Crippen molar-refractivity contribution in [3.05, 3.63) is 70.2 Å². The molecular weight excluding hydrogens is 440 g/mol. The number of hydrogen-bond acceptors (Lipinski definition) is 3. The van der Waals surface area contributed by atoms with Crippen molar-refractivity contribution in [2.24, 2.45) is 0 Å². The molecule has 1 saturated carbocycles. The van der Waals surface area contributed by atoms with Crippen molar-refractivity contribution in [3.8, 4) is 0 Å². The standard InChI is InChI=1S/C26H33ClN2O2S/c1-19-7-6-8-22(15-19)16-29(20(2)26(31)28-24-9-4-3-5-10-24)25(30)18-32-17-21-11-13-23(27)14-12-21/h6-8,11-15,20,24H,3-5,9-10,16-18H2,1-2H3,(H,28,31). The first-order valence-corrected chi connectivity index (χ1v) is 12.9. The van der Waals surface area contributed by atoms with Crippen molar-refractivity contribution in [3.63, 3.8) is 0 Å². The highest BCUT2D eigenvalue weighted by atomic mass is 35.5. The number of carbonyl (C=O) groups is 2. The van der Waals surface area contributed by atoms with Crippen LogP contribution in [0.3, 0.4) is 0 Å². The molecule has 172 valence electrons. The molecule has 2 aromatic rings. The van der Waals surface area contributed by atoms with Gasteiger partial charge in [-0.3, -0.25) is 9.59 Å². The van der Waals surface area contributed by atoms with Crippen LogP contribution < -0.4 is 5.32 Å². The highest BCUT2D eigenvalue weighted by Crippen LogP contribution is 2.20. The first kappa shape index (κ1) is 24.7. The van der Waals surface area contributed by atoms with E-state index in [1.165, 1.54) is 6.42 Å². The van der Waals surface area contributed by atoms with Gasteiger partial charge in [0, 0.05) is 23.4 Å². The molecule has 1 unspecified atom stereocenters. The average molecular weight is 473 g/mol. The lowest BCUT2D eigenvalue weighted by atomic mass is 9.95. The van der Waals surface area contributed by atoms with Gasteiger partial charge in [0.05, 0.1) is 5.75 Å². The fraction of sp³-hybridized carbons (Fsp3) is 0.462. The van der Waals surface area contributed by atoms with E-state index in [1.807, 2.05) is 56.3 Å². The molecule has 1 atom stereocenters. The monoisotopic (exact) mass is 472 g/mol. The van der Waals surface area contributed by atoms with E-state index in [-0.39, 0.29) is 17.9 Å². The zero-order valence-corrected chi connectivity index (χ0v) is 20.6. The van der Waals surface area contributed by atoms with E-state index in [4.69, 9.17) is 11.6 Å². The molecule has 0 bridgehead atoms. The summed E-state index contributed by atoms with van der Waals surface area (Å²) in [5.74, 6) is 0.983. The minimum Gasteiger partial charge on any atom is -0.352 e. The number of rotatable bonds is 9. The third-order valence-corrected chi connectivity index (χ3v) is 7.20. The Kier molecular flexibility index (Phi) is 9.49. The average Bonchev–Trinajstić information content (AvgIpc) is 2.79. The molecule has 1 N–H and O–H groups in total. The number of aryl methyl sites for hydroxylation is 1. The van der Waals surface area contributed by atoms with Gasteiger partial charge in [0.2, 0.25) is 11.8 Å². The summed E-state index contributed by atoms with van der Waals surface area (Å²) in [6, 6.07) is 15.5. The van der Waals surface area contributed by atoms with E-state index in [9.17, 15) is 9.59 Å². The van der Waals surface area contributed by atoms with E-state index in [1.54, 1.807) is 16.7 Å². The summed E-state index contributed by atoms with van der Waals surface area (Å²) in [5.41, 5.74) is 3.31. The summed E-state index contributed by atoms with van der Waals surface area (Å²) in [6.07, 6.45) is 5.62. The molecule has 0 aliphatic heterocycles. The van der Waals surface area contributed by atoms with Gasteiger partial charge in [-0.1, -0.05) is 72.8 Å². The fourth-order valence-corrected chi connectivity index (χ4v) is 5.07. The zero-order valence-electron chi connectivity index (χ0n) is 19.0. The Bertz CT molecular complexity index is 897. The fourth-order valence-electron chi connectivity index (χ4n) is 4.08. The Hall–Kier alpha value is -1.98. The lowest BCUT2D eigenvalue weighted by Crippen LogP contribution is -2.50. The van der Waals surface area contributed by atoms with Gasteiger partial charge in [-0.2, -0.15) is 0 Å². The lowest BCUT2D eigenvalue weighted by Gasteiger charge is -2.31. The van der Waals surface area contributed by atoms with Crippen LogP contribution >= 0.6 is 23.4 Å². The van der Waals surface area contributed by atoms with Crippen LogP contribution in [0.5, 0.6) is 0 Å². The molecule has 32 heavy (non-hydrogen) atoms. The number of carbonyl (C=O) groups excluding carboxylic acids is 2. The highest BCUT2D eigenvalue weighted by molar-refractivity contribution is 7.99. The minimum atomic E-state index is -0.513. The highest BCUT2D eigenvalue weighted by Gasteiger charge is 2.28. The molecule has 0 saturated heterocycles. The molecule has 2 amide bonds. The van der Waals surface area contributed by atoms with Crippen molar-refractivity contribution in [1.29, 1.82) is 0 Å². The maximum atomic E-state index is 13.2. The number of halogens is 1. The van der Waals surface area contributed by atoms with Gasteiger partial charge < -0.3 is 10.2 Å². The maximum Gasteiger partial charge on any atom is 0.242 e. The maximum absolute atomic E-state index is 13.2. The Morgan fingerprint density at radius 1 is 1.09 bits per heavy atom. The summed E-state index contributed by atoms with van der Waals surface area (Å²) in [5, 5.41) is 3.89. The van der Waals surface area contributed by atoms with E-state index in [0.717, 1.165) is 48.1 Å². The molecule has 2 aromatic carbocycles. The predicted molar refractivity (Wildman–Crippen MR) is 134 cm³/mol. The number of thioether (sulfide) groups is 1. The first-order valence-electron chi connectivity index (χ1n) is 11.4. The third kappa shape index (κ3) is 7.56. The summed E-state index contributed by atoms with van der Waals surface area (Å²) < 4.78 is 0. The lowest BCUT2D eigenvalue weighted by molar-refractivity contribution is -0.139. The van der Waals surface area contributed by atoms with Crippen LogP contribution in [0, 0.1) is 6.92 Å². The second kappa shape index (κ2) is 12.3. The molecular formula is C26H33ClN2O2S. The SMILES string of the molecule is Cc1cccc(CN(C(=O)CSCc2ccc(Cl)cc2)C(C)C(=O)NC2CCCCC2)c1. The molecule has 1 fully saturated rings. The molecule has 0 spiro atoms. The van der Waals surface area contributed by atoms with Gasteiger partial charge in [0.15, 0.2) is 0 Å². The molecule has 0 aromatic heterocycles. The van der Waals surface area contributed by atoms with Gasteiger partial charge in [0.1, 0.15) is 6.04 Å². The van der Waals surface area contributed by atoms with E-state index in [2.05, 4.69) is 11.4 Å². The smallest absolute Gasteiger partial charge is 0.242 e. The number of nitrogens with zero attached hydrogens (tertiary/aromatic N) is 1. The summed E-state index contributed by atoms with van der Waals surface area (Å²) in [7, 11) is 0. The molecule has 0 heterocycles. The van der Waals surface area contributed by atoms with Gasteiger partial charge >= 0.3 is 0 Å². The second-order valence-electron chi connectivity index (χ2n) is 8.65. The number of amides is 2. The van der Waals surface area contributed by atoms with Crippen molar-refractivity contribution in [2.75, 3.05) is 5.75 Å². The molecule has 3 rings (SSSR count). The first-order chi connectivity index (χ1) is 15.4. The topological polar surface area (TPSA) is 49.4 Å². The molecule has 1 aliphatic rings. The van der Waals surface area contributed by atoms with Gasteiger partial charge in [0.25, 0.3) is 0 Å². The van der Waals surface area contributed by atoms with Crippen LogP contribution in [0.25, 0.3) is 0 Å². The number of benzene rings is 2.